The first kappa shape index (κ1) is 20.7. The molecule has 166 valence electrons. The van der Waals surface area contributed by atoms with Gasteiger partial charge in [0, 0.05) is 42.9 Å². The van der Waals surface area contributed by atoms with Crippen molar-refractivity contribution in [3.8, 4) is 0 Å². The number of carbonyl (C=O) groups excluding carboxylic acids is 2. The van der Waals surface area contributed by atoms with Crippen LogP contribution in [-0.4, -0.2) is 33.7 Å². The fourth-order valence-corrected chi connectivity index (χ4v) is 8.12. The molecule has 6 atom stereocenters. The van der Waals surface area contributed by atoms with Gasteiger partial charge in [0.2, 0.25) is 11.8 Å². The number of likely N-dealkylation sites (tertiary alicyclic amines) is 1. The van der Waals surface area contributed by atoms with E-state index in [1.165, 1.54) is 11.3 Å². The van der Waals surface area contributed by atoms with Crippen molar-refractivity contribution >= 4 is 17.6 Å². The maximum Gasteiger partial charge on any atom is 0.229 e. The van der Waals surface area contributed by atoms with Crippen LogP contribution in [0.5, 0.6) is 0 Å². The smallest absolute Gasteiger partial charge is 0.229 e. The van der Waals surface area contributed by atoms with E-state index in [2.05, 4.69) is 36.1 Å². The summed E-state index contributed by atoms with van der Waals surface area (Å²) in [5, 5.41) is 3.02. The molecule has 6 nitrogen and oxygen atoms in total. The Morgan fingerprint density at radius 3 is 2.71 bits per heavy atom. The summed E-state index contributed by atoms with van der Waals surface area (Å²) >= 11 is 0. The van der Waals surface area contributed by atoms with E-state index in [0.717, 1.165) is 38.5 Å². The van der Waals surface area contributed by atoms with Gasteiger partial charge in [0.1, 0.15) is 0 Å². The third-order valence-corrected chi connectivity index (χ3v) is 9.44. The Hall–Kier alpha value is -2.24. The van der Waals surface area contributed by atoms with Crippen molar-refractivity contribution in [3.63, 3.8) is 0 Å². The molecule has 31 heavy (non-hydrogen) atoms. The largest absolute Gasteiger partial charge is 0.319 e. The molecule has 1 aromatic rings. The molecular weight excluding hydrogens is 388 g/mol. The van der Waals surface area contributed by atoms with Gasteiger partial charge >= 0.3 is 0 Å². The number of amides is 2. The van der Waals surface area contributed by atoms with Gasteiger partial charge in [-0.2, -0.15) is 0 Å². The molecule has 6 heteroatoms. The monoisotopic (exact) mass is 422 g/mol. The first-order valence-electron chi connectivity index (χ1n) is 11.8. The molecule has 3 fully saturated rings. The normalized spacial score (nSPS) is 39.6. The number of anilines is 1. The highest BCUT2D eigenvalue weighted by atomic mass is 16.2. The van der Waals surface area contributed by atoms with E-state index >= 15 is 0 Å². The van der Waals surface area contributed by atoms with E-state index in [1.54, 1.807) is 18.6 Å². The summed E-state index contributed by atoms with van der Waals surface area (Å²) < 4.78 is 0. The third kappa shape index (κ3) is 2.97. The Kier molecular flexibility index (Phi) is 4.76. The van der Waals surface area contributed by atoms with Gasteiger partial charge in [-0.05, 0) is 68.6 Å². The van der Waals surface area contributed by atoms with Crippen molar-refractivity contribution < 1.29 is 9.59 Å². The summed E-state index contributed by atoms with van der Waals surface area (Å²) in [6, 6.07) is 0. The minimum Gasteiger partial charge on any atom is -0.319 e. The number of nitrogens with one attached hydrogen (secondary N) is 1. The van der Waals surface area contributed by atoms with Crippen molar-refractivity contribution in [2.24, 2.45) is 34.5 Å². The first-order chi connectivity index (χ1) is 14.8. The van der Waals surface area contributed by atoms with Gasteiger partial charge in [-0.25, -0.2) is 4.98 Å². The Bertz CT molecular complexity index is 944. The van der Waals surface area contributed by atoms with Gasteiger partial charge in [-0.1, -0.05) is 19.4 Å². The minimum atomic E-state index is 0.0227. The zero-order valence-electron chi connectivity index (χ0n) is 19.1. The zero-order valence-corrected chi connectivity index (χ0v) is 19.1. The van der Waals surface area contributed by atoms with E-state index in [4.69, 9.17) is 0 Å². The maximum atomic E-state index is 13.2. The summed E-state index contributed by atoms with van der Waals surface area (Å²) in [7, 11) is 1.97. The Morgan fingerprint density at radius 1 is 1.16 bits per heavy atom. The van der Waals surface area contributed by atoms with Crippen LogP contribution in [0.15, 0.2) is 29.9 Å². The highest BCUT2D eigenvalue weighted by molar-refractivity contribution is 5.92. The van der Waals surface area contributed by atoms with Crippen molar-refractivity contribution in [2.75, 3.05) is 12.4 Å². The summed E-state index contributed by atoms with van der Waals surface area (Å²) in [6.45, 7) is 6.99. The third-order valence-electron chi connectivity index (χ3n) is 9.44. The van der Waals surface area contributed by atoms with E-state index in [9.17, 15) is 9.59 Å². The highest BCUT2D eigenvalue weighted by Crippen LogP contribution is 2.66. The summed E-state index contributed by atoms with van der Waals surface area (Å²) in [5.74, 6) is 2.67. The molecule has 1 N–H and O–H groups in total. The van der Waals surface area contributed by atoms with Crippen LogP contribution < -0.4 is 5.32 Å². The lowest BCUT2D eigenvalue weighted by molar-refractivity contribution is -0.137. The fraction of sp³-hybridized carbons (Fsp3) is 0.680. The average molecular weight is 423 g/mol. The van der Waals surface area contributed by atoms with Crippen molar-refractivity contribution in [2.45, 2.75) is 65.7 Å². The molecule has 4 aliphatic rings. The lowest BCUT2D eigenvalue weighted by Crippen LogP contribution is -2.54. The molecule has 1 saturated heterocycles. The van der Waals surface area contributed by atoms with Crippen molar-refractivity contribution in [1.82, 2.24) is 14.9 Å². The van der Waals surface area contributed by atoms with Crippen LogP contribution in [0.3, 0.4) is 0 Å². The number of hydrogen-bond donors (Lipinski definition) is 1. The summed E-state index contributed by atoms with van der Waals surface area (Å²) in [4.78, 5) is 35.9. The number of nitrogens with zero attached hydrogens (tertiary/aromatic N) is 3. The molecule has 5 rings (SSSR count). The van der Waals surface area contributed by atoms with Crippen LogP contribution in [0.2, 0.25) is 0 Å². The van der Waals surface area contributed by atoms with Gasteiger partial charge < -0.3 is 10.2 Å². The van der Waals surface area contributed by atoms with E-state index in [0.29, 0.717) is 30.0 Å². The van der Waals surface area contributed by atoms with Gasteiger partial charge in [0.15, 0.2) is 5.82 Å². The molecule has 2 heterocycles. The zero-order chi connectivity index (χ0) is 22.0. The number of carbonyl (C=O) groups is 2. The number of rotatable bonds is 2. The Labute approximate surface area is 184 Å². The van der Waals surface area contributed by atoms with Crippen LogP contribution in [-0.2, 0) is 9.59 Å². The number of hydrogen-bond acceptors (Lipinski definition) is 4. The van der Waals surface area contributed by atoms with Crippen LogP contribution in [0.25, 0.3) is 0 Å². The second kappa shape index (κ2) is 7.14. The number of allylic oxidation sites excluding steroid dienone is 2. The number of aromatic nitrogens is 2. The standard InChI is InChI=1S/C25H34N4O2/c1-15-13-16-17-5-6-19(23(31)28-20-14-26-11-12-27-20)24(17,2)9-7-18(16)25(3)10-8-21(30)29(4)22(15)25/h11-12,14,16-19H,5-10,13H2,1-4H3,(H,27,28,31)/t16-,17-,18+,19?,24-,25+/m0/s1. The predicted octanol–water partition coefficient (Wildman–Crippen LogP) is 4.41. The quantitative estimate of drug-likeness (QED) is 0.766. The number of piperidine rings is 1. The molecule has 0 spiro atoms. The Morgan fingerprint density at radius 2 is 1.97 bits per heavy atom. The van der Waals surface area contributed by atoms with Crippen molar-refractivity contribution in [3.05, 3.63) is 29.9 Å². The van der Waals surface area contributed by atoms with Gasteiger partial charge in [0.25, 0.3) is 0 Å². The van der Waals surface area contributed by atoms with E-state index in [-0.39, 0.29) is 28.6 Å². The SMILES string of the molecule is CC1=C2N(C)C(=O)CC[C@]2(C)[C@@H]2CC[C@]3(C)C(C(=O)Nc4cnccn4)CC[C@H]3[C@@H]2C1. The van der Waals surface area contributed by atoms with Crippen LogP contribution >= 0.6 is 0 Å². The topological polar surface area (TPSA) is 75.2 Å². The second-order valence-corrected chi connectivity index (χ2v) is 10.8. The molecule has 3 aliphatic carbocycles. The minimum absolute atomic E-state index is 0.0227. The van der Waals surface area contributed by atoms with E-state index < -0.39 is 0 Å². The summed E-state index contributed by atoms with van der Waals surface area (Å²) in [6.07, 6.45) is 11.8. The van der Waals surface area contributed by atoms with Crippen LogP contribution in [0.1, 0.15) is 65.7 Å². The molecule has 2 amide bonds. The molecular formula is C25H34N4O2. The highest BCUT2D eigenvalue weighted by Gasteiger charge is 2.61. The average Bonchev–Trinajstić information content (AvgIpc) is 3.09. The lowest BCUT2D eigenvalue weighted by atomic mass is 9.48. The second-order valence-electron chi connectivity index (χ2n) is 10.8. The number of fused-ring (bicyclic) bond motifs is 5. The molecule has 2 saturated carbocycles. The van der Waals surface area contributed by atoms with Gasteiger partial charge in [0.05, 0.1) is 6.20 Å². The van der Waals surface area contributed by atoms with Crippen LogP contribution in [0, 0.1) is 34.5 Å². The Balaban J connectivity index is 1.43. The molecule has 1 unspecified atom stereocenters. The molecule has 1 aliphatic heterocycles. The molecule has 0 bridgehead atoms. The maximum absolute atomic E-state index is 13.2. The van der Waals surface area contributed by atoms with Crippen molar-refractivity contribution in [1.29, 1.82) is 0 Å². The van der Waals surface area contributed by atoms with Crippen LogP contribution in [0.4, 0.5) is 5.82 Å². The van der Waals surface area contributed by atoms with E-state index in [1.807, 2.05) is 11.9 Å². The van der Waals surface area contributed by atoms with Gasteiger partial charge in [-0.15, -0.1) is 0 Å². The predicted molar refractivity (Wildman–Crippen MR) is 119 cm³/mol. The summed E-state index contributed by atoms with van der Waals surface area (Å²) in [5.41, 5.74) is 2.79. The van der Waals surface area contributed by atoms with Gasteiger partial charge in [-0.3, -0.25) is 14.6 Å². The molecule has 0 radical (unpaired) electrons. The lowest BCUT2D eigenvalue weighted by Gasteiger charge is -2.59. The molecule has 0 aromatic carbocycles. The first-order valence-corrected chi connectivity index (χ1v) is 11.8. The molecule has 1 aromatic heterocycles. The fourth-order valence-electron chi connectivity index (χ4n) is 8.12.